The Balaban J connectivity index is 2.08. The molecule has 1 aliphatic heterocycles. The maximum atomic E-state index is 13.1. The number of hydrogen-bond acceptors (Lipinski definition) is 5. The van der Waals surface area contributed by atoms with Crippen LogP contribution < -0.4 is 4.74 Å². The molecule has 170 valence electrons. The van der Waals surface area contributed by atoms with Crippen molar-refractivity contribution in [2.75, 3.05) is 33.8 Å². The minimum atomic E-state index is -0.654. The van der Waals surface area contributed by atoms with Gasteiger partial charge in [-0.2, -0.15) is 0 Å². The highest BCUT2D eigenvalue weighted by molar-refractivity contribution is 6.46. The van der Waals surface area contributed by atoms with Crippen molar-refractivity contribution >= 4 is 17.4 Å². The zero-order valence-electron chi connectivity index (χ0n) is 19.3. The van der Waals surface area contributed by atoms with Crippen LogP contribution in [-0.2, 0) is 16.0 Å². The van der Waals surface area contributed by atoms with Gasteiger partial charge in [0.15, 0.2) is 0 Å². The summed E-state index contributed by atoms with van der Waals surface area (Å²) in [7, 11) is 3.95. The summed E-state index contributed by atoms with van der Waals surface area (Å²) in [5, 5.41) is 11.2. The lowest BCUT2D eigenvalue weighted by Gasteiger charge is -2.26. The second-order valence-electron chi connectivity index (χ2n) is 8.21. The molecule has 0 saturated carbocycles. The standard InChI is InChI=1S/C26H32N2O4/c1-5-18-11-13-19(14-12-18)23-22(24(29)20-9-7-10-21(17-20)32-6-2)25(30)26(31)28(23)16-8-15-27(3)4/h7,9-14,17,23,29H,5-6,8,15-16H2,1-4H3/b24-22-. The first kappa shape index (κ1) is 23.5. The lowest BCUT2D eigenvalue weighted by Crippen LogP contribution is -2.32. The maximum Gasteiger partial charge on any atom is 0.295 e. The topological polar surface area (TPSA) is 70.1 Å². The highest BCUT2D eigenvalue weighted by Crippen LogP contribution is 2.39. The van der Waals surface area contributed by atoms with E-state index in [0.29, 0.717) is 24.5 Å². The molecule has 1 heterocycles. The van der Waals surface area contributed by atoms with Crippen LogP contribution in [0.3, 0.4) is 0 Å². The van der Waals surface area contributed by atoms with E-state index < -0.39 is 17.7 Å². The van der Waals surface area contributed by atoms with Gasteiger partial charge in [0.2, 0.25) is 0 Å². The van der Waals surface area contributed by atoms with Crippen LogP contribution in [0.25, 0.3) is 5.76 Å². The number of aliphatic hydroxyl groups excluding tert-OH is 1. The summed E-state index contributed by atoms with van der Waals surface area (Å²) in [6, 6.07) is 14.2. The van der Waals surface area contributed by atoms with Crippen molar-refractivity contribution in [1.82, 2.24) is 9.80 Å². The van der Waals surface area contributed by atoms with E-state index in [1.54, 1.807) is 29.2 Å². The lowest BCUT2D eigenvalue weighted by atomic mass is 9.94. The van der Waals surface area contributed by atoms with Crippen molar-refractivity contribution < 1.29 is 19.4 Å². The summed E-state index contributed by atoms with van der Waals surface area (Å²) in [6.07, 6.45) is 1.62. The first-order valence-electron chi connectivity index (χ1n) is 11.1. The van der Waals surface area contributed by atoms with Crippen LogP contribution in [0.5, 0.6) is 5.75 Å². The Bertz CT molecular complexity index is 995. The van der Waals surface area contributed by atoms with Crippen LogP contribution in [0.2, 0.25) is 0 Å². The van der Waals surface area contributed by atoms with Gasteiger partial charge in [0.1, 0.15) is 11.5 Å². The van der Waals surface area contributed by atoms with Crippen LogP contribution in [0, 0.1) is 0 Å². The molecule has 2 aromatic rings. The number of ketones is 1. The van der Waals surface area contributed by atoms with E-state index in [1.165, 1.54) is 5.56 Å². The average Bonchev–Trinajstić information content (AvgIpc) is 3.04. The Morgan fingerprint density at radius 3 is 2.44 bits per heavy atom. The SMILES string of the molecule is CCOc1cccc(/C(O)=C2/C(=O)C(=O)N(CCCN(C)C)C2c2ccc(CC)cc2)c1. The second kappa shape index (κ2) is 10.5. The molecule has 1 amide bonds. The molecular formula is C26H32N2O4. The number of aryl methyl sites for hydroxylation is 1. The monoisotopic (exact) mass is 436 g/mol. The third kappa shape index (κ3) is 5.02. The Hall–Kier alpha value is -3.12. The molecule has 6 nitrogen and oxygen atoms in total. The van der Waals surface area contributed by atoms with Crippen LogP contribution in [-0.4, -0.2) is 60.4 Å². The molecule has 1 aliphatic rings. The highest BCUT2D eigenvalue weighted by Gasteiger charge is 2.45. The van der Waals surface area contributed by atoms with Crippen LogP contribution in [0.4, 0.5) is 0 Å². The van der Waals surface area contributed by atoms with E-state index in [9.17, 15) is 14.7 Å². The lowest BCUT2D eigenvalue weighted by molar-refractivity contribution is -0.139. The molecule has 2 aromatic carbocycles. The number of ether oxygens (including phenoxy) is 1. The zero-order valence-corrected chi connectivity index (χ0v) is 19.3. The summed E-state index contributed by atoms with van der Waals surface area (Å²) < 4.78 is 5.54. The van der Waals surface area contributed by atoms with Gasteiger partial charge in [-0.15, -0.1) is 0 Å². The van der Waals surface area contributed by atoms with E-state index in [1.807, 2.05) is 50.2 Å². The number of amides is 1. The number of carbonyl (C=O) groups excluding carboxylic acids is 2. The van der Waals surface area contributed by atoms with E-state index in [-0.39, 0.29) is 11.3 Å². The molecule has 6 heteroatoms. The minimum Gasteiger partial charge on any atom is -0.507 e. The number of nitrogens with zero attached hydrogens (tertiary/aromatic N) is 2. The molecule has 1 saturated heterocycles. The van der Waals surface area contributed by atoms with Gasteiger partial charge in [-0.05, 0) is 63.7 Å². The molecule has 1 atom stereocenters. The Morgan fingerprint density at radius 1 is 1.09 bits per heavy atom. The fraction of sp³-hybridized carbons (Fsp3) is 0.385. The van der Waals surface area contributed by atoms with E-state index >= 15 is 0 Å². The number of aliphatic hydroxyl groups is 1. The summed E-state index contributed by atoms with van der Waals surface area (Å²) in [4.78, 5) is 29.7. The number of Topliss-reactive ketones (excluding diaryl/α,β-unsaturated/α-hetero) is 1. The van der Waals surface area contributed by atoms with Crippen molar-refractivity contribution in [3.63, 3.8) is 0 Å². The van der Waals surface area contributed by atoms with E-state index in [2.05, 4.69) is 6.92 Å². The second-order valence-corrected chi connectivity index (χ2v) is 8.21. The molecule has 1 fully saturated rings. The zero-order chi connectivity index (χ0) is 23.3. The molecule has 1 unspecified atom stereocenters. The molecule has 32 heavy (non-hydrogen) atoms. The Morgan fingerprint density at radius 2 is 1.81 bits per heavy atom. The number of rotatable bonds is 9. The Labute approximate surface area is 190 Å². The van der Waals surface area contributed by atoms with Gasteiger partial charge in [-0.25, -0.2) is 0 Å². The fourth-order valence-corrected chi connectivity index (χ4v) is 4.01. The van der Waals surface area contributed by atoms with Gasteiger partial charge in [0.05, 0.1) is 18.2 Å². The summed E-state index contributed by atoms with van der Waals surface area (Å²) in [6.45, 7) is 5.67. The van der Waals surface area contributed by atoms with Crippen LogP contribution in [0.1, 0.15) is 43.0 Å². The molecule has 0 aromatic heterocycles. The van der Waals surface area contributed by atoms with E-state index in [0.717, 1.165) is 24.9 Å². The molecule has 0 aliphatic carbocycles. The molecule has 1 N–H and O–H groups in total. The normalized spacial score (nSPS) is 17.9. The molecule has 0 bridgehead atoms. The number of carbonyl (C=O) groups is 2. The molecule has 0 spiro atoms. The Kier molecular flexibility index (Phi) is 7.70. The average molecular weight is 437 g/mol. The predicted molar refractivity (Wildman–Crippen MR) is 126 cm³/mol. The first-order chi connectivity index (χ1) is 15.4. The summed E-state index contributed by atoms with van der Waals surface area (Å²) in [5.41, 5.74) is 2.56. The van der Waals surface area contributed by atoms with Gasteiger partial charge in [0, 0.05) is 12.1 Å². The summed E-state index contributed by atoms with van der Waals surface area (Å²) >= 11 is 0. The van der Waals surface area contributed by atoms with Gasteiger partial charge in [-0.1, -0.05) is 43.3 Å². The largest absolute Gasteiger partial charge is 0.507 e. The van der Waals surface area contributed by atoms with Gasteiger partial charge in [0.25, 0.3) is 11.7 Å². The fourth-order valence-electron chi connectivity index (χ4n) is 4.01. The molecule has 0 radical (unpaired) electrons. The molecular weight excluding hydrogens is 404 g/mol. The van der Waals surface area contributed by atoms with Gasteiger partial charge >= 0.3 is 0 Å². The van der Waals surface area contributed by atoms with Gasteiger partial charge < -0.3 is 19.6 Å². The smallest absolute Gasteiger partial charge is 0.295 e. The van der Waals surface area contributed by atoms with Crippen LogP contribution >= 0.6 is 0 Å². The molecule has 3 rings (SSSR count). The minimum absolute atomic E-state index is 0.123. The third-order valence-corrected chi connectivity index (χ3v) is 5.67. The third-order valence-electron chi connectivity index (χ3n) is 5.67. The highest BCUT2D eigenvalue weighted by atomic mass is 16.5. The van der Waals surface area contributed by atoms with Crippen molar-refractivity contribution in [3.05, 3.63) is 70.8 Å². The first-order valence-corrected chi connectivity index (χ1v) is 11.1. The van der Waals surface area contributed by atoms with Crippen molar-refractivity contribution in [2.45, 2.75) is 32.7 Å². The number of benzene rings is 2. The van der Waals surface area contributed by atoms with Crippen molar-refractivity contribution in [3.8, 4) is 5.75 Å². The number of likely N-dealkylation sites (tertiary alicyclic amines) is 1. The number of hydrogen-bond donors (Lipinski definition) is 1. The predicted octanol–water partition coefficient (Wildman–Crippen LogP) is 4.02. The van der Waals surface area contributed by atoms with Crippen LogP contribution in [0.15, 0.2) is 54.1 Å². The summed E-state index contributed by atoms with van der Waals surface area (Å²) in [5.74, 6) is -0.806. The van der Waals surface area contributed by atoms with Gasteiger partial charge in [-0.3, -0.25) is 9.59 Å². The van der Waals surface area contributed by atoms with E-state index in [4.69, 9.17) is 4.74 Å². The quantitative estimate of drug-likeness (QED) is 0.365. The van der Waals surface area contributed by atoms with Crippen molar-refractivity contribution in [1.29, 1.82) is 0 Å². The van der Waals surface area contributed by atoms with Crippen molar-refractivity contribution in [2.24, 2.45) is 0 Å². The maximum absolute atomic E-state index is 13.1.